The van der Waals surface area contributed by atoms with Crippen LogP contribution in [0.15, 0.2) is 23.2 Å². The second kappa shape index (κ2) is 8.29. The van der Waals surface area contributed by atoms with Gasteiger partial charge in [-0.15, -0.1) is 0 Å². The van der Waals surface area contributed by atoms with Gasteiger partial charge in [0.1, 0.15) is 5.75 Å². The fraction of sp³-hybridized carbons (Fsp3) is 0.632. The Morgan fingerprint density at radius 2 is 2.04 bits per heavy atom. The van der Waals surface area contributed by atoms with Gasteiger partial charge in [0.05, 0.1) is 18.1 Å². The quantitative estimate of drug-likeness (QED) is 0.559. The molecule has 1 saturated carbocycles. The molecule has 1 aliphatic heterocycles. The molecule has 0 spiro atoms. The molecular formula is C19H29N3O3S. The smallest absolute Gasteiger partial charge is 0.191 e. The predicted molar refractivity (Wildman–Crippen MR) is 104 cm³/mol. The van der Waals surface area contributed by atoms with Crippen LogP contribution in [0.2, 0.25) is 0 Å². The lowest BCUT2D eigenvalue weighted by Gasteiger charge is -2.16. The van der Waals surface area contributed by atoms with Gasteiger partial charge in [0.15, 0.2) is 15.8 Å². The number of nitrogens with one attached hydrogen (secondary N) is 2. The fourth-order valence-electron chi connectivity index (χ4n) is 3.11. The van der Waals surface area contributed by atoms with Crippen LogP contribution in [0.3, 0.4) is 0 Å². The molecule has 1 saturated heterocycles. The highest BCUT2D eigenvalue weighted by Gasteiger charge is 2.27. The molecule has 1 aromatic carbocycles. The van der Waals surface area contributed by atoms with Crippen molar-refractivity contribution in [3.8, 4) is 5.75 Å². The summed E-state index contributed by atoms with van der Waals surface area (Å²) in [4.78, 5) is 4.24. The molecule has 1 aliphatic carbocycles. The number of aryl methyl sites for hydroxylation is 1. The summed E-state index contributed by atoms with van der Waals surface area (Å²) in [6, 6.07) is 6.25. The van der Waals surface area contributed by atoms with Crippen LogP contribution in [-0.4, -0.2) is 46.1 Å². The van der Waals surface area contributed by atoms with Gasteiger partial charge in [-0.1, -0.05) is 12.1 Å². The first kappa shape index (κ1) is 19.0. The summed E-state index contributed by atoms with van der Waals surface area (Å²) >= 11 is 0. The Morgan fingerprint density at radius 1 is 1.23 bits per heavy atom. The molecule has 0 amide bonds. The molecule has 2 aliphatic rings. The van der Waals surface area contributed by atoms with Crippen LogP contribution in [0.5, 0.6) is 5.75 Å². The van der Waals surface area contributed by atoms with Gasteiger partial charge in [0.2, 0.25) is 0 Å². The van der Waals surface area contributed by atoms with E-state index in [1.165, 1.54) is 18.4 Å². The Labute approximate surface area is 156 Å². The van der Waals surface area contributed by atoms with E-state index in [1.54, 1.807) is 7.05 Å². The molecule has 1 atom stereocenters. The Balaban J connectivity index is 1.51. The summed E-state index contributed by atoms with van der Waals surface area (Å²) in [5.74, 6) is 3.07. The monoisotopic (exact) mass is 379 g/mol. The third-order valence-corrected chi connectivity index (χ3v) is 6.79. The van der Waals surface area contributed by atoms with Crippen molar-refractivity contribution in [3.63, 3.8) is 0 Å². The molecule has 0 bridgehead atoms. The van der Waals surface area contributed by atoms with Crippen LogP contribution >= 0.6 is 0 Å². The lowest BCUT2D eigenvalue weighted by Crippen LogP contribution is -2.39. The maximum atomic E-state index is 11.6. The number of nitrogens with zero attached hydrogens (tertiary/aromatic N) is 1. The predicted octanol–water partition coefficient (Wildman–Crippen LogP) is 1.88. The van der Waals surface area contributed by atoms with Gasteiger partial charge >= 0.3 is 0 Å². The van der Waals surface area contributed by atoms with Crippen molar-refractivity contribution in [2.75, 3.05) is 31.7 Å². The van der Waals surface area contributed by atoms with E-state index < -0.39 is 9.84 Å². The van der Waals surface area contributed by atoms with E-state index in [1.807, 2.05) is 0 Å². The Hall–Kier alpha value is -1.76. The van der Waals surface area contributed by atoms with E-state index in [2.05, 4.69) is 40.7 Å². The van der Waals surface area contributed by atoms with Crippen LogP contribution in [0.1, 0.15) is 30.4 Å². The fourth-order valence-corrected chi connectivity index (χ4v) is 4.97. The van der Waals surface area contributed by atoms with Gasteiger partial charge in [-0.25, -0.2) is 8.42 Å². The third-order valence-electron chi connectivity index (χ3n) is 4.95. The lowest BCUT2D eigenvalue weighted by molar-refractivity contribution is 0.296. The SMILES string of the molecule is CN=C(NCc1ccc(C)cc1OCC1CC1)NCC1CCS(=O)(=O)C1. The lowest BCUT2D eigenvalue weighted by atomic mass is 10.1. The zero-order valence-electron chi connectivity index (χ0n) is 15.6. The molecule has 2 N–H and O–H groups in total. The summed E-state index contributed by atoms with van der Waals surface area (Å²) in [6.45, 7) is 4.09. The van der Waals surface area contributed by atoms with Crippen molar-refractivity contribution in [3.05, 3.63) is 29.3 Å². The largest absolute Gasteiger partial charge is 0.493 e. The van der Waals surface area contributed by atoms with Gasteiger partial charge < -0.3 is 15.4 Å². The maximum Gasteiger partial charge on any atom is 0.191 e. The van der Waals surface area contributed by atoms with Gasteiger partial charge in [0.25, 0.3) is 0 Å². The zero-order chi connectivity index (χ0) is 18.6. The average molecular weight is 380 g/mol. The minimum atomic E-state index is -2.84. The summed E-state index contributed by atoms with van der Waals surface area (Å²) in [5.41, 5.74) is 2.28. The molecule has 1 heterocycles. The molecule has 144 valence electrons. The van der Waals surface area contributed by atoms with E-state index in [9.17, 15) is 8.42 Å². The summed E-state index contributed by atoms with van der Waals surface area (Å²) in [7, 11) is -1.12. The Bertz CT molecular complexity index is 757. The van der Waals surface area contributed by atoms with E-state index in [-0.39, 0.29) is 11.7 Å². The van der Waals surface area contributed by atoms with Crippen molar-refractivity contribution in [1.29, 1.82) is 0 Å². The maximum absolute atomic E-state index is 11.6. The number of hydrogen-bond donors (Lipinski definition) is 2. The number of hydrogen-bond acceptors (Lipinski definition) is 4. The van der Waals surface area contributed by atoms with Gasteiger partial charge in [-0.3, -0.25) is 4.99 Å². The highest BCUT2D eigenvalue weighted by atomic mass is 32.2. The number of benzene rings is 1. The number of ether oxygens (including phenoxy) is 1. The summed E-state index contributed by atoms with van der Waals surface area (Å²) in [5, 5.41) is 6.55. The number of sulfone groups is 1. The number of rotatable bonds is 7. The Morgan fingerprint density at radius 3 is 2.69 bits per heavy atom. The van der Waals surface area contributed by atoms with Gasteiger partial charge in [-0.05, 0) is 49.7 Å². The highest BCUT2D eigenvalue weighted by molar-refractivity contribution is 7.91. The minimum absolute atomic E-state index is 0.162. The van der Waals surface area contributed by atoms with Crippen LogP contribution in [0.4, 0.5) is 0 Å². The van der Waals surface area contributed by atoms with Crippen LogP contribution in [0.25, 0.3) is 0 Å². The van der Waals surface area contributed by atoms with Gasteiger partial charge in [0, 0.05) is 25.7 Å². The highest BCUT2D eigenvalue weighted by Crippen LogP contribution is 2.30. The average Bonchev–Trinajstić information content (AvgIpc) is 3.37. The van der Waals surface area contributed by atoms with Crippen LogP contribution < -0.4 is 15.4 Å². The standard InChI is InChI=1S/C19H29N3O3S/c1-14-3-6-17(18(9-14)25-12-15-4-5-15)11-22-19(20-2)21-10-16-7-8-26(23,24)13-16/h3,6,9,15-16H,4-5,7-8,10-13H2,1-2H3,(H2,20,21,22). The number of aliphatic imine (C=N–C) groups is 1. The topological polar surface area (TPSA) is 79.8 Å². The molecule has 6 nitrogen and oxygen atoms in total. The summed E-state index contributed by atoms with van der Waals surface area (Å²) < 4.78 is 29.1. The van der Waals surface area contributed by atoms with Crippen LogP contribution in [-0.2, 0) is 16.4 Å². The summed E-state index contributed by atoms with van der Waals surface area (Å²) in [6.07, 6.45) is 3.27. The molecule has 3 rings (SSSR count). The second-order valence-electron chi connectivity index (χ2n) is 7.44. The van der Waals surface area contributed by atoms with Crippen molar-refractivity contribution >= 4 is 15.8 Å². The van der Waals surface area contributed by atoms with Crippen molar-refractivity contribution in [2.45, 2.75) is 32.7 Å². The molecule has 0 radical (unpaired) electrons. The van der Waals surface area contributed by atoms with E-state index in [0.717, 1.165) is 24.3 Å². The molecular weight excluding hydrogens is 350 g/mol. The van der Waals surface area contributed by atoms with Gasteiger partial charge in [-0.2, -0.15) is 0 Å². The molecule has 1 unspecified atom stereocenters. The molecule has 26 heavy (non-hydrogen) atoms. The van der Waals surface area contributed by atoms with Crippen molar-refractivity contribution < 1.29 is 13.2 Å². The molecule has 7 heteroatoms. The van der Waals surface area contributed by atoms with E-state index >= 15 is 0 Å². The minimum Gasteiger partial charge on any atom is -0.493 e. The van der Waals surface area contributed by atoms with Crippen LogP contribution in [0, 0.1) is 18.8 Å². The van der Waals surface area contributed by atoms with Crippen molar-refractivity contribution in [2.24, 2.45) is 16.8 Å². The van der Waals surface area contributed by atoms with E-state index in [0.29, 0.717) is 30.7 Å². The normalized spacial score (nSPS) is 22.2. The first-order valence-electron chi connectivity index (χ1n) is 9.32. The number of guanidine groups is 1. The zero-order valence-corrected chi connectivity index (χ0v) is 16.4. The third kappa shape index (κ3) is 5.62. The van der Waals surface area contributed by atoms with Crippen molar-refractivity contribution in [1.82, 2.24) is 10.6 Å². The Kier molecular flexibility index (Phi) is 6.06. The molecule has 1 aromatic rings. The molecule has 2 fully saturated rings. The second-order valence-corrected chi connectivity index (χ2v) is 9.67. The first-order chi connectivity index (χ1) is 12.4. The first-order valence-corrected chi connectivity index (χ1v) is 11.1. The van der Waals surface area contributed by atoms with E-state index in [4.69, 9.17) is 4.74 Å². The molecule has 0 aromatic heterocycles.